The van der Waals surface area contributed by atoms with Gasteiger partial charge in [0.2, 0.25) is 0 Å². The Bertz CT molecular complexity index is 362. The van der Waals surface area contributed by atoms with E-state index in [0.29, 0.717) is 6.42 Å². The van der Waals surface area contributed by atoms with Gasteiger partial charge >= 0.3 is 5.97 Å². The molecule has 0 unspecified atom stereocenters. The summed E-state index contributed by atoms with van der Waals surface area (Å²) in [6.07, 6.45) is 0.428. The molecule has 0 radical (unpaired) electrons. The Morgan fingerprint density at radius 3 is 2.47 bits per heavy atom. The number of esters is 1. The first-order valence-corrected chi connectivity index (χ1v) is 5.66. The van der Waals surface area contributed by atoms with E-state index in [1.54, 1.807) is 0 Å². The first kappa shape index (κ1) is 13.4. The largest absolute Gasteiger partial charge is 0.459 e. The first-order valence-electron chi connectivity index (χ1n) is 5.66. The Kier molecular flexibility index (Phi) is 5.33. The van der Waals surface area contributed by atoms with Crippen molar-refractivity contribution in [1.82, 2.24) is 0 Å². The molecule has 0 saturated carbocycles. The van der Waals surface area contributed by atoms with Crippen LogP contribution in [0.5, 0.6) is 0 Å². The highest BCUT2D eigenvalue weighted by Gasteiger charge is 2.21. The maximum atomic E-state index is 11.6. The van der Waals surface area contributed by atoms with Crippen LogP contribution in [-0.2, 0) is 16.1 Å². The van der Waals surface area contributed by atoms with Crippen molar-refractivity contribution in [3.63, 3.8) is 0 Å². The van der Waals surface area contributed by atoms with Crippen LogP contribution in [0.4, 0.5) is 0 Å². The Hall–Kier alpha value is -1.71. The fourth-order valence-electron chi connectivity index (χ4n) is 1.45. The first-order chi connectivity index (χ1) is 8.13. The predicted octanol–water partition coefficient (Wildman–Crippen LogP) is 2.91. The lowest BCUT2D eigenvalue weighted by Crippen LogP contribution is -2.22. The third kappa shape index (κ3) is 4.76. The van der Waals surface area contributed by atoms with Gasteiger partial charge in [-0.05, 0) is 17.9 Å². The highest BCUT2D eigenvalue weighted by atomic mass is 16.5. The van der Waals surface area contributed by atoms with E-state index in [0.717, 1.165) is 5.56 Å². The maximum absolute atomic E-state index is 11.6. The molecule has 0 heterocycles. The summed E-state index contributed by atoms with van der Waals surface area (Å²) in [4.78, 5) is 22.1. The molecule has 0 fully saturated rings. The summed E-state index contributed by atoms with van der Waals surface area (Å²) < 4.78 is 5.05. The zero-order valence-corrected chi connectivity index (χ0v) is 10.1. The SMILES string of the molecule is CC(C)C[C@H](N=O)C(=O)OCc1ccccc1. The molecule has 4 nitrogen and oxygen atoms in total. The average molecular weight is 235 g/mol. The van der Waals surface area contributed by atoms with E-state index < -0.39 is 12.0 Å². The van der Waals surface area contributed by atoms with Crippen molar-refractivity contribution in [3.05, 3.63) is 40.8 Å². The summed E-state index contributed by atoms with van der Waals surface area (Å²) in [5, 5.41) is 2.82. The molecular weight excluding hydrogens is 218 g/mol. The summed E-state index contributed by atoms with van der Waals surface area (Å²) in [6, 6.07) is 8.45. The third-order valence-electron chi connectivity index (χ3n) is 2.32. The molecule has 17 heavy (non-hydrogen) atoms. The minimum absolute atomic E-state index is 0.184. The summed E-state index contributed by atoms with van der Waals surface area (Å²) in [7, 11) is 0. The van der Waals surface area contributed by atoms with Gasteiger partial charge in [0.15, 0.2) is 6.04 Å². The molecule has 1 rings (SSSR count). The molecule has 4 heteroatoms. The molecular formula is C13H17NO3. The van der Waals surface area contributed by atoms with E-state index in [1.807, 2.05) is 44.2 Å². The summed E-state index contributed by atoms with van der Waals surface area (Å²) in [5.41, 5.74) is 0.898. The van der Waals surface area contributed by atoms with Gasteiger partial charge in [-0.2, -0.15) is 0 Å². The zero-order valence-electron chi connectivity index (χ0n) is 10.1. The van der Waals surface area contributed by atoms with Gasteiger partial charge in [-0.3, -0.25) is 0 Å². The van der Waals surface area contributed by atoms with Crippen LogP contribution in [0.15, 0.2) is 35.5 Å². The number of rotatable bonds is 6. The van der Waals surface area contributed by atoms with E-state index in [1.165, 1.54) is 0 Å². The predicted molar refractivity (Wildman–Crippen MR) is 65.3 cm³/mol. The second-order valence-electron chi connectivity index (χ2n) is 4.34. The molecule has 1 aromatic carbocycles. The monoisotopic (exact) mass is 235 g/mol. The van der Waals surface area contributed by atoms with E-state index in [4.69, 9.17) is 4.74 Å². The van der Waals surface area contributed by atoms with Crippen molar-refractivity contribution in [1.29, 1.82) is 0 Å². The quantitative estimate of drug-likeness (QED) is 0.562. The van der Waals surface area contributed by atoms with Crippen molar-refractivity contribution in [2.45, 2.75) is 32.9 Å². The third-order valence-corrected chi connectivity index (χ3v) is 2.32. The number of hydrogen-bond acceptors (Lipinski definition) is 4. The van der Waals surface area contributed by atoms with Crippen LogP contribution in [-0.4, -0.2) is 12.0 Å². The zero-order chi connectivity index (χ0) is 12.7. The van der Waals surface area contributed by atoms with Gasteiger partial charge in [0.25, 0.3) is 0 Å². The highest BCUT2D eigenvalue weighted by Crippen LogP contribution is 2.11. The second kappa shape index (κ2) is 6.78. The lowest BCUT2D eigenvalue weighted by atomic mass is 10.0. The number of ether oxygens (including phenoxy) is 1. The van der Waals surface area contributed by atoms with Crippen molar-refractivity contribution in [2.24, 2.45) is 11.1 Å². The van der Waals surface area contributed by atoms with Gasteiger partial charge in [0.05, 0.1) is 0 Å². The van der Waals surface area contributed by atoms with Crippen LogP contribution in [0.25, 0.3) is 0 Å². The standard InChI is InChI=1S/C13H17NO3/c1-10(2)8-12(14-16)13(15)17-9-11-6-4-3-5-7-11/h3-7,10,12H,8-9H2,1-2H3/t12-/m0/s1. The molecule has 92 valence electrons. The number of benzene rings is 1. The van der Waals surface area contributed by atoms with Gasteiger partial charge < -0.3 is 4.74 Å². The fourth-order valence-corrected chi connectivity index (χ4v) is 1.45. The number of nitrogens with zero attached hydrogens (tertiary/aromatic N) is 1. The Morgan fingerprint density at radius 1 is 1.29 bits per heavy atom. The second-order valence-corrected chi connectivity index (χ2v) is 4.34. The van der Waals surface area contributed by atoms with Crippen LogP contribution in [0.1, 0.15) is 25.8 Å². The molecule has 0 aliphatic heterocycles. The van der Waals surface area contributed by atoms with Gasteiger partial charge in [-0.15, -0.1) is 4.91 Å². The fraction of sp³-hybridized carbons (Fsp3) is 0.462. The smallest absolute Gasteiger partial charge is 0.334 e. The van der Waals surface area contributed by atoms with Crippen molar-refractivity contribution in [3.8, 4) is 0 Å². The lowest BCUT2D eigenvalue weighted by molar-refractivity contribution is -0.146. The summed E-state index contributed by atoms with van der Waals surface area (Å²) in [6.45, 7) is 4.05. The van der Waals surface area contributed by atoms with E-state index >= 15 is 0 Å². The summed E-state index contributed by atoms with van der Waals surface area (Å²) >= 11 is 0. The van der Waals surface area contributed by atoms with Crippen LogP contribution in [0.2, 0.25) is 0 Å². The Balaban J connectivity index is 2.45. The number of carbonyl (C=O) groups excluding carboxylic acids is 1. The minimum Gasteiger partial charge on any atom is -0.459 e. The number of nitroso groups, excluding NO2 is 1. The van der Waals surface area contributed by atoms with Crippen LogP contribution in [0.3, 0.4) is 0 Å². The Labute approximate surface area is 101 Å². The molecule has 0 N–H and O–H groups in total. The Morgan fingerprint density at radius 2 is 1.94 bits per heavy atom. The molecule has 0 spiro atoms. The normalized spacial score (nSPS) is 12.2. The van der Waals surface area contributed by atoms with Crippen molar-refractivity contribution in [2.75, 3.05) is 0 Å². The molecule has 0 aromatic heterocycles. The molecule has 0 aliphatic carbocycles. The molecule has 0 amide bonds. The number of hydrogen-bond donors (Lipinski definition) is 0. The van der Waals surface area contributed by atoms with Crippen molar-refractivity contribution >= 4 is 5.97 Å². The van der Waals surface area contributed by atoms with Gasteiger partial charge in [0.1, 0.15) is 6.61 Å². The average Bonchev–Trinajstić information content (AvgIpc) is 2.34. The van der Waals surface area contributed by atoms with E-state index in [2.05, 4.69) is 5.18 Å². The van der Waals surface area contributed by atoms with Crippen LogP contribution < -0.4 is 0 Å². The van der Waals surface area contributed by atoms with E-state index in [9.17, 15) is 9.70 Å². The van der Waals surface area contributed by atoms with Crippen molar-refractivity contribution < 1.29 is 9.53 Å². The maximum Gasteiger partial charge on any atom is 0.334 e. The molecule has 0 aliphatic rings. The van der Waals surface area contributed by atoms with Crippen LogP contribution >= 0.6 is 0 Å². The van der Waals surface area contributed by atoms with Gasteiger partial charge in [-0.1, -0.05) is 49.4 Å². The molecule has 0 saturated heterocycles. The molecule has 0 bridgehead atoms. The lowest BCUT2D eigenvalue weighted by Gasteiger charge is -2.11. The van der Waals surface area contributed by atoms with E-state index in [-0.39, 0.29) is 12.5 Å². The van der Waals surface area contributed by atoms with Gasteiger partial charge in [0, 0.05) is 0 Å². The van der Waals surface area contributed by atoms with Crippen LogP contribution in [0, 0.1) is 10.8 Å². The highest BCUT2D eigenvalue weighted by molar-refractivity contribution is 5.75. The van der Waals surface area contributed by atoms with Gasteiger partial charge in [-0.25, -0.2) is 4.79 Å². The number of carbonyl (C=O) groups is 1. The topological polar surface area (TPSA) is 55.7 Å². The molecule has 1 atom stereocenters. The minimum atomic E-state index is -0.890. The molecule has 1 aromatic rings. The summed E-state index contributed by atoms with van der Waals surface area (Å²) in [5.74, 6) is -0.306.